The van der Waals surface area contributed by atoms with Gasteiger partial charge in [0.1, 0.15) is 0 Å². The van der Waals surface area contributed by atoms with E-state index in [0.29, 0.717) is 11.4 Å². The molecule has 0 saturated carbocycles. The van der Waals surface area contributed by atoms with Crippen molar-refractivity contribution in [2.75, 3.05) is 9.80 Å². The van der Waals surface area contributed by atoms with Gasteiger partial charge in [-0.2, -0.15) is 26.3 Å². The molecule has 0 aliphatic heterocycles. The molecule has 0 N–H and O–H groups in total. The summed E-state index contributed by atoms with van der Waals surface area (Å²) in [6.07, 6.45) is 7.96. The summed E-state index contributed by atoms with van der Waals surface area (Å²) in [6.45, 7) is 26.3. The fourth-order valence-corrected chi connectivity index (χ4v) is 12.9. The summed E-state index contributed by atoms with van der Waals surface area (Å²) in [6, 6.07) is 57.7. The van der Waals surface area contributed by atoms with Crippen LogP contribution in [-0.4, -0.2) is 6.04 Å². The van der Waals surface area contributed by atoms with Gasteiger partial charge in [-0.3, -0.25) is 0 Å². The van der Waals surface area contributed by atoms with E-state index in [-0.39, 0.29) is 27.6 Å². The summed E-state index contributed by atoms with van der Waals surface area (Å²) in [4.78, 5) is 4.30. The first-order valence-electron chi connectivity index (χ1n) is 31.0. The van der Waals surface area contributed by atoms with Crippen molar-refractivity contribution in [2.45, 2.75) is 123 Å². The van der Waals surface area contributed by atoms with Crippen LogP contribution in [0.4, 0.5) is 49.1 Å². The van der Waals surface area contributed by atoms with Crippen LogP contribution >= 0.6 is 0 Å². The van der Waals surface area contributed by atoms with E-state index in [1.165, 1.54) is 23.3 Å². The second-order valence-electron chi connectivity index (χ2n) is 28.5. The Bertz CT molecular complexity index is 4350. The molecule has 456 valence electrons. The van der Waals surface area contributed by atoms with Crippen molar-refractivity contribution >= 4 is 22.7 Å². The minimum absolute atomic E-state index is 0.104. The van der Waals surface area contributed by atoms with Crippen molar-refractivity contribution in [1.29, 1.82) is 0 Å². The number of nitrogens with zero attached hydrogens (tertiary/aromatic N) is 2. The fraction of sp³-hybridized carbons (Fsp3) is 0.244. The second-order valence-corrected chi connectivity index (χ2v) is 28.5. The zero-order chi connectivity index (χ0) is 64.0. The van der Waals surface area contributed by atoms with Gasteiger partial charge in [0.15, 0.2) is 0 Å². The van der Waals surface area contributed by atoms with E-state index in [9.17, 15) is 26.3 Å². The van der Waals surface area contributed by atoms with E-state index in [2.05, 4.69) is 275 Å². The van der Waals surface area contributed by atoms with Crippen molar-refractivity contribution in [3.63, 3.8) is 0 Å². The van der Waals surface area contributed by atoms with E-state index in [1.807, 2.05) is 0 Å². The van der Waals surface area contributed by atoms with Crippen LogP contribution in [0.3, 0.4) is 0 Å². The first kappa shape index (κ1) is 61.4. The third-order valence-corrected chi connectivity index (χ3v) is 18.1. The van der Waals surface area contributed by atoms with Crippen LogP contribution in [0.15, 0.2) is 264 Å². The molecule has 0 heterocycles. The normalized spacial score (nSPS) is 16.7. The fourth-order valence-electron chi connectivity index (χ4n) is 12.9. The van der Waals surface area contributed by atoms with E-state index < -0.39 is 29.5 Å². The largest absolute Gasteiger partial charge is 0.416 e. The quantitative estimate of drug-likeness (QED) is 0.126. The number of hydrogen-bond acceptors (Lipinski definition) is 2. The van der Waals surface area contributed by atoms with Crippen LogP contribution < -0.4 is 9.80 Å². The number of anilines is 4. The van der Waals surface area contributed by atoms with Gasteiger partial charge in [-0.15, -0.1) is 0 Å². The predicted molar refractivity (Wildman–Crippen MR) is 362 cm³/mol. The monoisotopic (exact) mass is 1200 g/mol. The van der Waals surface area contributed by atoms with Crippen LogP contribution in [0.1, 0.15) is 116 Å². The summed E-state index contributed by atoms with van der Waals surface area (Å²) >= 11 is 0. The average Bonchev–Trinajstić information content (AvgIpc) is 0.724. The lowest BCUT2D eigenvalue weighted by atomic mass is 9.67. The van der Waals surface area contributed by atoms with Gasteiger partial charge in [0, 0.05) is 34.1 Å². The van der Waals surface area contributed by atoms with Crippen LogP contribution in [0.5, 0.6) is 0 Å². The maximum Gasteiger partial charge on any atom is 0.416 e. The van der Waals surface area contributed by atoms with Gasteiger partial charge in [-0.1, -0.05) is 235 Å². The SMILES string of the molecule is CC(C)(C)c1cccc(-c2ccc(N(C3=C4C=CC5=C6C(=CC=C(C=C3)C46)C(N(c3ccc(C(F)(F)F)cc3)c3ccc(-c4cccc(C(C)(C)C)c4)cc3-c3cccc(C(C)(C)C)c3)C=C5)c3ccc(C(F)(F)F)cc3)c(-c3cccc(C(C)(C)C)c3)c2)c1. The lowest BCUT2D eigenvalue weighted by Gasteiger charge is -2.44. The molecule has 8 heteroatoms. The molecule has 2 nitrogen and oxygen atoms in total. The van der Waals surface area contributed by atoms with Gasteiger partial charge in [-0.25, -0.2) is 0 Å². The predicted octanol–water partition coefficient (Wildman–Crippen LogP) is 23.7. The lowest BCUT2D eigenvalue weighted by Crippen LogP contribution is -2.37. The van der Waals surface area contributed by atoms with Gasteiger partial charge >= 0.3 is 12.4 Å². The highest BCUT2D eigenvalue weighted by molar-refractivity contribution is 5.92. The van der Waals surface area contributed by atoms with Gasteiger partial charge in [0.2, 0.25) is 0 Å². The first-order valence-corrected chi connectivity index (χ1v) is 31.0. The highest BCUT2D eigenvalue weighted by atomic mass is 19.4. The van der Waals surface area contributed by atoms with Crippen LogP contribution in [0.25, 0.3) is 44.5 Å². The van der Waals surface area contributed by atoms with Gasteiger partial charge in [-0.05, 0) is 184 Å². The van der Waals surface area contributed by atoms with E-state index in [0.717, 1.165) is 113 Å². The highest BCUT2D eigenvalue weighted by Crippen LogP contribution is 2.54. The van der Waals surface area contributed by atoms with Gasteiger partial charge < -0.3 is 9.80 Å². The standard InChI is InChI=1S/C82H76F6N2/c1-77(2,3)61-21-13-17-53(45-61)55-29-43-73(69(49-55)57-19-15-23-63(47-57)79(7,8)9)89(65-35-31-59(32-36-65)81(83,84)85)71-41-27-51-26-40-68-72(42-28-52-25-39-67(71)75(51)76(52)68)90(66-37-33-60(34-38-66)82(86,87)88)74-44-30-56(54-18-14-22-62(46-54)78(4,5)6)50-70(74)58-20-16-24-64(48-58)80(10,11)12/h13-50,71,76H,1-12H3. The van der Waals surface area contributed by atoms with E-state index in [4.69, 9.17) is 0 Å². The molecule has 4 aliphatic rings. The average molecular weight is 1200 g/mol. The number of hydrogen-bond donors (Lipinski definition) is 0. The zero-order valence-corrected chi connectivity index (χ0v) is 53.3. The molecule has 2 unspecified atom stereocenters. The molecule has 12 rings (SSSR count). The molecular weight excluding hydrogens is 1130 g/mol. The summed E-state index contributed by atoms with van der Waals surface area (Å²) in [7, 11) is 0. The number of benzene rings is 8. The smallest absolute Gasteiger partial charge is 0.330 e. The summed E-state index contributed by atoms with van der Waals surface area (Å²) in [5, 5.41) is 0. The minimum Gasteiger partial charge on any atom is -0.330 e. The molecule has 90 heavy (non-hydrogen) atoms. The van der Waals surface area contributed by atoms with Crippen LogP contribution in [-0.2, 0) is 34.0 Å². The Kier molecular flexibility index (Phi) is 15.4. The third kappa shape index (κ3) is 11.9. The number of alkyl halides is 6. The van der Waals surface area contributed by atoms with Gasteiger partial charge in [0.25, 0.3) is 0 Å². The Morgan fingerprint density at radius 3 is 1.24 bits per heavy atom. The Morgan fingerprint density at radius 1 is 0.356 bits per heavy atom. The van der Waals surface area contributed by atoms with Crippen molar-refractivity contribution < 1.29 is 26.3 Å². The van der Waals surface area contributed by atoms with Crippen LogP contribution in [0.2, 0.25) is 0 Å². The summed E-state index contributed by atoms with van der Waals surface area (Å²) in [5.41, 5.74) is 18.9. The molecule has 0 spiro atoms. The molecule has 0 radical (unpaired) electrons. The summed E-state index contributed by atoms with van der Waals surface area (Å²) < 4.78 is 87.3. The molecule has 0 amide bonds. The molecule has 4 aliphatic carbocycles. The highest BCUT2D eigenvalue weighted by Gasteiger charge is 2.42. The zero-order valence-electron chi connectivity index (χ0n) is 53.3. The van der Waals surface area contributed by atoms with Gasteiger partial charge in [0.05, 0.1) is 28.6 Å². The Hall–Kier alpha value is -8.88. The molecule has 8 aromatic carbocycles. The lowest BCUT2D eigenvalue weighted by molar-refractivity contribution is -0.138. The molecular formula is C82H76F6N2. The Balaban J connectivity index is 1.05. The summed E-state index contributed by atoms with van der Waals surface area (Å²) in [5.74, 6) is -0.337. The molecule has 2 atom stereocenters. The van der Waals surface area contributed by atoms with Crippen molar-refractivity contribution in [2.24, 2.45) is 5.92 Å². The van der Waals surface area contributed by atoms with E-state index >= 15 is 0 Å². The molecule has 0 bridgehead atoms. The maximum absolute atomic E-state index is 14.6. The van der Waals surface area contributed by atoms with Crippen molar-refractivity contribution in [1.82, 2.24) is 0 Å². The molecule has 0 saturated heterocycles. The van der Waals surface area contributed by atoms with Crippen molar-refractivity contribution in [3.05, 3.63) is 298 Å². The van der Waals surface area contributed by atoms with E-state index in [1.54, 1.807) is 24.3 Å². The topological polar surface area (TPSA) is 6.48 Å². The molecule has 8 aromatic rings. The third-order valence-electron chi connectivity index (χ3n) is 18.1. The first-order chi connectivity index (χ1) is 42.4. The number of rotatable bonds is 10. The Morgan fingerprint density at radius 2 is 0.778 bits per heavy atom. The second kappa shape index (κ2) is 22.6. The number of allylic oxidation sites excluding steroid dienone is 10. The molecule has 0 aromatic heterocycles. The maximum atomic E-state index is 14.6. The molecule has 0 fully saturated rings. The van der Waals surface area contributed by atoms with Crippen molar-refractivity contribution in [3.8, 4) is 44.5 Å². The Labute approximate surface area is 527 Å². The number of halogens is 6. The minimum atomic E-state index is -4.56. The van der Waals surface area contributed by atoms with Crippen LogP contribution in [0, 0.1) is 5.92 Å².